The number of carbonyl (C=O) groups excluding carboxylic acids is 2. The Morgan fingerprint density at radius 1 is 1.32 bits per heavy atom. The smallest absolute Gasteiger partial charge is 0.333 e. The van der Waals surface area contributed by atoms with Gasteiger partial charge in [-0.25, -0.2) is 14.2 Å². The second-order valence-electron chi connectivity index (χ2n) is 6.02. The van der Waals surface area contributed by atoms with Gasteiger partial charge in [-0.15, -0.1) is 0 Å². The van der Waals surface area contributed by atoms with Crippen molar-refractivity contribution in [1.29, 1.82) is 0 Å². The van der Waals surface area contributed by atoms with Crippen LogP contribution in [0.1, 0.15) is 35.8 Å². The molecule has 0 saturated carbocycles. The van der Waals surface area contributed by atoms with Gasteiger partial charge in [-0.2, -0.15) is 0 Å². The molecule has 1 heterocycles. The molecule has 0 fully saturated rings. The van der Waals surface area contributed by atoms with Crippen LogP contribution in [0, 0.1) is 5.82 Å². The van der Waals surface area contributed by atoms with E-state index in [0.717, 1.165) is 37.1 Å². The molecule has 1 N–H and O–H groups in total. The van der Waals surface area contributed by atoms with Gasteiger partial charge in [0, 0.05) is 11.3 Å². The summed E-state index contributed by atoms with van der Waals surface area (Å²) in [6, 6.07) is 4.64. The van der Waals surface area contributed by atoms with E-state index < -0.39 is 23.7 Å². The monoisotopic (exact) mass is 345 g/mol. The van der Waals surface area contributed by atoms with Crippen molar-refractivity contribution >= 4 is 11.9 Å². The molecule has 132 valence electrons. The average Bonchev–Trinajstić information content (AvgIpc) is 3.03. The molecule has 0 bridgehead atoms. The van der Waals surface area contributed by atoms with E-state index in [-0.39, 0.29) is 12.1 Å². The second kappa shape index (κ2) is 7.46. The Balaban J connectivity index is 1.76. The number of benzene rings is 1. The Hall–Kier alpha value is -2.70. The number of aryl methyl sites for hydroxylation is 1. The number of carbonyl (C=O) groups is 2. The molecule has 0 aliphatic heterocycles. The van der Waals surface area contributed by atoms with Crippen LogP contribution in [0.4, 0.5) is 4.39 Å². The zero-order chi connectivity index (χ0) is 17.8. The minimum absolute atomic E-state index is 0.0320. The number of esters is 1. The van der Waals surface area contributed by atoms with Crippen molar-refractivity contribution in [3.8, 4) is 0 Å². The summed E-state index contributed by atoms with van der Waals surface area (Å²) in [6.45, 7) is 0.0320. The van der Waals surface area contributed by atoms with Crippen LogP contribution in [0.25, 0.3) is 0 Å². The highest BCUT2D eigenvalue weighted by Gasteiger charge is 2.26. The average molecular weight is 345 g/mol. The van der Waals surface area contributed by atoms with Crippen LogP contribution in [0.15, 0.2) is 30.6 Å². The maximum absolute atomic E-state index is 14.0. The van der Waals surface area contributed by atoms with Crippen molar-refractivity contribution in [1.82, 2.24) is 14.9 Å². The molecule has 1 aromatic carbocycles. The molecule has 1 amide bonds. The van der Waals surface area contributed by atoms with Crippen LogP contribution in [-0.2, 0) is 33.7 Å². The number of fused-ring (bicyclic) bond motifs is 1. The number of imidazole rings is 1. The topological polar surface area (TPSA) is 73.2 Å². The zero-order valence-electron chi connectivity index (χ0n) is 14.0. The van der Waals surface area contributed by atoms with Gasteiger partial charge < -0.3 is 14.6 Å². The summed E-state index contributed by atoms with van der Waals surface area (Å²) in [6.07, 6.45) is 5.63. The molecule has 1 aromatic heterocycles. The number of ether oxygens (including phenoxy) is 1. The molecule has 2 aromatic rings. The Morgan fingerprint density at radius 2 is 2.08 bits per heavy atom. The number of rotatable bonds is 5. The van der Waals surface area contributed by atoms with Gasteiger partial charge in [-0.05, 0) is 31.7 Å². The Kier molecular flexibility index (Phi) is 5.11. The maximum atomic E-state index is 14.0. The van der Waals surface area contributed by atoms with Gasteiger partial charge in [0.2, 0.25) is 5.91 Å². The summed E-state index contributed by atoms with van der Waals surface area (Å²) in [5.74, 6) is -1.69. The fourth-order valence-electron chi connectivity index (χ4n) is 3.12. The SMILES string of the molecule is COC(=O)[C@@H](NC(=O)Cn1cnc2c1CCCC2)c1ccccc1F. The highest BCUT2D eigenvalue weighted by atomic mass is 19.1. The van der Waals surface area contributed by atoms with Crippen molar-refractivity contribution < 1.29 is 18.7 Å². The van der Waals surface area contributed by atoms with Gasteiger partial charge in [-0.1, -0.05) is 18.2 Å². The standard InChI is InChI=1S/C18H20FN3O3/c1-25-18(24)17(12-6-2-3-7-13(12)19)21-16(23)10-22-11-20-14-8-4-5-9-15(14)22/h2-3,6-7,11,17H,4-5,8-10H2,1H3,(H,21,23)/t17-/m0/s1. The molecule has 25 heavy (non-hydrogen) atoms. The molecule has 0 saturated heterocycles. The van der Waals surface area contributed by atoms with Gasteiger partial charge in [-0.3, -0.25) is 4.79 Å². The van der Waals surface area contributed by atoms with Crippen LogP contribution in [0.5, 0.6) is 0 Å². The quantitative estimate of drug-likeness (QED) is 0.841. The van der Waals surface area contributed by atoms with Crippen LogP contribution < -0.4 is 5.32 Å². The third kappa shape index (κ3) is 3.70. The molecule has 0 unspecified atom stereocenters. The van der Waals surface area contributed by atoms with E-state index in [9.17, 15) is 14.0 Å². The van der Waals surface area contributed by atoms with Crippen molar-refractivity contribution in [3.05, 3.63) is 53.4 Å². The van der Waals surface area contributed by atoms with E-state index in [1.54, 1.807) is 17.0 Å². The first-order valence-corrected chi connectivity index (χ1v) is 8.24. The summed E-state index contributed by atoms with van der Waals surface area (Å²) >= 11 is 0. The van der Waals surface area contributed by atoms with E-state index in [4.69, 9.17) is 4.74 Å². The molecule has 1 aliphatic rings. The minimum Gasteiger partial charge on any atom is -0.467 e. The largest absolute Gasteiger partial charge is 0.467 e. The first-order chi connectivity index (χ1) is 12.1. The highest BCUT2D eigenvalue weighted by Crippen LogP contribution is 2.21. The molecule has 6 nitrogen and oxygen atoms in total. The Labute approximate surface area is 145 Å². The number of hydrogen-bond donors (Lipinski definition) is 1. The predicted molar refractivity (Wildman–Crippen MR) is 88.2 cm³/mol. The Morgan fingerprint density at radius 3 is 2.84 bits per heavy atom. The van der Waals surface area contributed by atoms with Crippen LogP contribution in [-0.4, -0.2) is 28.5 Å². The molecule has 1 aliphatic carbocycles. The van der Waals surface area contributed by atoms with E-state index >= 15 is 0 Å². The fourth-order valence-corrected chi connectivity index (χ4v) is 3.12. The molecular weight excluding hydrogens is 325 g/mol. The van der Waals surface area contributed by atoms with Gasteiger partial charge in [0.1, 0.15) is 12.4 Å². The molecule has 0 radical (unpaired) electrons. The van der Waals surface area contributed by atoms with Crippen LogP contribution in [0.2, 0.25) is 0 Å². The van der Waals surface area contributed by atoms with Crippen molar-refractivity contribution in [2.45, 2.75) is 38.3 Å². The van der Waals surface area contributed by atoms with Gasteiger partial charge in [0.15, 0.2) is 6.04 Å². The number of aromatic nitrogens is 2. The van der Waals surface area contributed by atoms with Gasteiger partial charge in [0.05, 0.1) is 19.1 Å². The Bertz CT molecular complexity index is 788. The van der Waals surface area contributed by atoms with Gasteiger partial charge in [0.25, 0.3) is 0 Å². The molecule has 1 atom stereocenters. The molecule has 3 rings (SSSR count). The number of halogens is 1. The second-order valence-corrected chi connectivity index (χ2v) is 6.02. The molecule has 7 heteroatoms. The van der Waals surface area contributed by atoms with E-state index in [1.807, 2.05) is 0 Å². The lowest BCUT2D eigenvalue weighted by molar-refractivity contribution is -0.145. The number of methoxy groups -OCH3 is 1. The highest BCUT2D eigenvalue weighted by molar-refractivity contribution is 5.85. The van der Waals surface area contributed by atoms with Crippen molar-refractivity contribution in [2.75, 3.05) is 7.11 Å². The lowest BCUT2D eigenvalue weighted by Crippen LogP contribution is -2.37. The van der Waals surface area contributed by atoms with Crippen molar-refractivity contribution in [3.63, 3.8) is 0 Å². The van der Waals surface area contributed by atoms with E-state index in [0.29, 0.717) is 0 Å². The lowest BCUT2D eigenvalue weighted by atomic mass is 10.0. The molecular formula is C18H20FN3O3. The minimum atomic E-state index is -1.18. The fraction of sp³-hybridized carbons (Fsp3) is 0.389. The van der Waals surface area contributed by atoms with Crippen LogP contribution >= 0.6 is 0 Å². The van der Waals surface area contributed by atoms with Crippen molar-refractivity contribution in [2.24, 2.45) is 0 Å². The first kappa shape index (κ1) is 17.1. The first-order valence-electron chi connectivity index (χ1n) is 8.24. The number of hydrogen-bond acceptors (Lipinski definition) is 4. The number of nitrogens with one attached hydrogen (secondary N) is 1. The number of amides is 1. The van der Waals surface area contributed by atoms with Gasteiger partial charge >= 0.3 is 5.97 Å². The third-order valence-electron chi connectivity index (χ3n) is 4.38. The normalized spacial score (nSPS) is 14.5. The summed E-state index contributed by atoms with van der Waals surface area (Å²) in [7, 11) is 1.20. The van der Waals surface area contributed by atoms with E-state index in [2.05, 4.69) is 10.3 Å². The zero-order valence-corrected chi connectivity index (χ0v) is 14.0. The third-order valence-corrected chi connectivity index (χ3v) is 4.38. The van der Waals surface area contributed by atoms with E-state index in [1.165, 1.54) is 25.3 Å². The summed E-state index contributed by atoms with van der Waals surface area (Å²) < 4.78 is 20.5. The summed E-state index contributed by atoms with van der Waals surface area (Å²) in [4.78, 5) is 28.8. The lowest BCUT2D eigenvalue weighted by Gasteiger charge is -2.19. The number of nitrogens with zero attached hydrogens (tertiary/aromatic N) is 2. The summed E-state index contributed by atoms with van der Waals surface area (Å²) in [5, 5.41) is 2.57. The predicted octanol–water partition coefficient (Wildman–Crippen LogP) is 1.93. The summed E-state index contributed by atoms with van der Waals surface area (Å²) in [5.41, 5.74) is 2.16. The van der Waals surface area contributed by atoms with Crippen LogP contribution in [0.3, 0.4) is 0 Å². The molecule has 0 spiro atoms. The maximum Gasteiger partial charge on any atom is 0.333 e.